The lowest BCUT2D eigenvalue weighted by molar-refractivity contribution is -0.137. The van der Waals surface area contributed by atoms with Crippen molar-refractivity contribution >= 4 is 11.8 Å². The molecular weight excluding hydrogens is 206 g/mol. The Hall–Kier alpha value is -1.57. The van der Waals surface area contributed by atoms with Gasteiger partial charge in [0, 0.05) is 13.1 Å². The molecule has 90 valence electrons. The molecule has 0 aromatic heterocycles. The van der Waals surface area contributed by atoms with Crippen molar-refractivity contribution in [3.8, 4) is 6.07 Å². The van der Waals surface area contributed by atoms with Gasteiger partial charge in [0.1, 0.15) is 5.92 Å². The minimum Gasteiger partial charge on any atom is -0.355 e. The number of hydrogen-bond donors (Lipinski definition) is 1. The molecule has 0 fully saturated rings. The summed E-state index contributed by atoms with van der Waals surface area (Å²) in [5.41, 5.74) is 0. The largest absolute Gasteiger partial charge is 0.355 e. The smallest absolute Gasteiger partial charge is 0.240 e. The predicted octanol–water partition coefficient (Wildman–Crippen LogP) is 0.521. The fraction of sp³-hybridized carbons (Fsp3) is 0.727. The summed E-state index contributed by atoms with van der Waals surface area (Å²) >= 11 is 0. The molecular formula is C11H19N3O2. The highest BCUT2D eigenvalue weighted by atomic mass is 16.2. The summed E-state index contributed by atoms with van der Waals surface area (Å²) in [5.74, 6) is -1.10. The van der Waals surface area contributed by atoms with Gasteiger partial charge < -0.3 is 10.2 Å². The van der Waals surface area contributed by atoms with Gasteiger partial charge in [-0.05, 0) is 20.3 Å². The van der Waals surface area contributed by atoms with Gasteiger partial charge in [-0.2, -0.15) is 5.26 Å². The Kier molecular flexibility index (Phi) is 6.93. The molecule has 0 saturated heterocycles. The average Bonchev–Trinajstić information content (AvgIpc) is 2.27. The highest BCUT2D eigenvalue weighted by Crippen LogP contribution is 2.06. The number of carbonyl (C=O) groups excluding carboxylic acids is 2. The molecule has 0 aliphatic heterocycles. The first-order valence-electron chi connectivity index (χ1n) is 5.55. The van der Waals surface area contributed by atoms with Crippen molar-refractivity contribution in [1.29, 1.82) is 5.26 Å². The van der Waals surface area contributed by atoms with Crippen LogP contribution in [0.1, 0.15) is 27.2 Å². The SMILES string of the molecule is CCNC(=O)CN(CC)C(=O)C(C#N)CC. The molecule has 0 radical (unpaired) electrons. The summed E-state index contributed by atoms with van der Waals surface area (Å²) in [6.07, 6.45) is 0.473. The number of likely N-dealkylation sites (N-methyl/N-ethyl adjacent to an activating group) is 2. The Balaban J connectivity index is 4.44. The molecule has 0 spiro atoms. The minimum absolute atomic E-state index is 0.0291. The van der Waals surface area contributed by atoms with Crippen LogP contribution in [0.4, 0.5) is 0 Å². The minimum atomic E-state index is -0.644. The van der Waals surface area contributed by atoms with E-state index in [0.717, 1.165) is 0 Å². The molecule has 5 heteroatoms. The lowest BCUT2D eigenvalue weighted by atomic mass is 10.1. The first-order valence-corrected chi connectivity index (χ1v) is 5.55. The van der Waals surface area contributed by atoms with E-state index in [0.29, 0.717) is 19.5 Å². The normalized spacial score (nSPS) is 11.4. The van der Waals surface area contributed by atoms with Crippen LogP contribution in [0.15, 0.2) is 0 Å². The van der Waals surface area contributed by atoms with Crippen molar-refractivity contribution in [3.63, 3.8) is 0 Å². The number of nitriles is 1. The molecule has 0 rings (SSSR count). The van der Waals surface area contributed by atoms with Crippen molar-refractivity contribution in [2.75, 3.05) is 19.6 Å². The molecule has 5 nitrogen and oxygen atoms in total. The Morgan fingerprint density at radius 2 is 2.00 bits per heavy atom. The molecule has 1 unspecified atom stereocenters. The highest BCUT2D eigenvalue weighted by molar-refractivity contribution is 5.87. The van der Waals surface area contributed by atoms with Crippen LogP contribution < -0.4 is 5.32 Å². The number of hydrogen-bond acceptors (Lipinski definition) is 3. The summed E-state index contributed by atoms with van der Waals surface area (Å²) in [4.78, 5) is 24.5. The summed E-state index contributed by atoms with van der Waals surface area (Å²) < 4.78 is 0. The van der Waals surface area contributed by atoms with Crippen LogP contribution in [0.3, 0.4) is 0 Å². The first-order chi connectivity index (χ1) is 7.60. The maximum atomic E-state index is 11.8. The summed E-state index contributed by atoms with van der Waals surface area (Å²) in [6.45, 7) is 6.41. The van der Waals surface area contributed by atoms with Crippen molar-refractivity contribution in [2.24, 2.45) is 5.92 Å². The lowest BCUT2D eigenvalue weighted by Gasteiger charge is -2.22. The molecule has 0 aliphatic rings. The van der Waals surface area contributed by atoms with E-state index in [-0.39, 0.29) is 18.4 Å². The Labute approximate surface area is 96.4 Å². The highest BCUT2D eigenvalue weighted by Gasteiger charge is 2.22. The Morgan fingerprint density at radius 3 is 2.38 bits per heavy atom. The van der Waals surface area contributed by atoms with Crippen LogP contribution >= 0.6 is 0 Å². The number of rotatable bonds is 6. The van der Waals surface area contributed by atoms with Gasteiger partial charge in [-0.15, -0.1) is 0 Å². The van der Waals surface area contributed by atoms with Gasteiger partial charge in [0.25, 0.3) is 0 Å². The van der Waals surface area contributed by atoms with E-state index in [1.54, 1.807) is 13.8 Å². The van der Waals surface area contributed by atoms with Crippen molar-refractivity contribution in [1.82, 2.24) is 10.2 Å². The third kappa shape index (κ3) is 4.30. The van der Waals surface area contributed by atoms with E-state index in [2.05, 4.69) is 5.32 Å². The quantitative estimate of drug-likeness (QED) is 0.716. The van der Waals surface area contributed by atoms with Crippen molar-refractivity contribution in [3.05, 3.63) is 0 Å². The van der Waals surface area contributed by atoms with E-state index in [9.17, 15) is 9.59 Å². The van der Waals surface area contributed by atoms with Gasteiger partial charge in [0.05, 0.1) is 12.6 Å². The number of nitrogens with one attached hydrogen (secondary N) is 1. The number of amides is 2. The van der Waals surface area contributed by atoms with Crippen LogP contribution in [0.25, 0.3) is 0 Å². The van der Waals surface area contributed by atoms with Gasteiger partial charge in [-0.1, -0.05) is 6.92 Å². The average molecular weight is 225 g/mol. The molecule has 1 N–H and O–H groups in total. The molecule has 0 aliphatic carbocycles. The van der Waals surface area contributed by atoms with E-state index in [4.69, 9.17) is 5.26 Å². The van der Waals surface area contributed by atoms with Gasteiger partial charge in [0.2, 0.25) is 11.8 Å². The van der Waals surface area contributed by atoms with Crippen LogP contribution in [0, 0.1) is 17.2 Å². The molecule has 0 heterocycles. The lowest BCUT2D eigenvalue weighted by Crippen LogP contribution is -2.42. The second-order valence-corrected chi connectivity index (χ2v) is 3.40. The van der Waals surface area contributed by atoms with E-state index >= 15 is 0 Å². The molecule has 1 atom stereocenters. The molecule has 0 aromatic carbocycles. The molecule has 16 heavy (non-hydrogen) atoms. The third-order valence-corrected chi connectivity index (χ3v) is 2.26. The predicted molar refractivity (Wildman–Crippen MR) is 60.3 cm³/mol. The van der Waals surface area contributed by atoms with Crippen LogP contribution in [0.2, 0.25) is 0 Å². The van der Waals surface area contributed by atoms with E-state index < -0.39 is 5.92 Å². The van der Waals surface area contributed by atoms with Gasteiger partial charge in [-0.3, -0.25) is 9.59 Å². The molecule has 0 saturated carbocycles. The number of carbonyl (C=O) groups is 2. The zero-order chi connectivity index (χ0) is 12.6. The maximum absolute atomic E-state index is 11.8. The molecule has 2 amide bonds. The van der Waals surface area contributed by atoms with Gasteiger partial charge in [-0.25, -0.2) is 0 Å². The van der Waals surface area contributed by atoms with E-state index in [1.165, 1.54) is 4.90 Å². The topological polar surface area (TPSA) is 73.2 Å². The van der Waals surface area contributed by atoms with Crippen LogP contribution in [0.5, 0.6) is 0 Å². The molecule has 0 bridgehead atoms. The van der Waals surface area contributed by atoms with Gasteiger partial charge in [0.15, 0.2) is 0 Å². The second-order valence-electron chi connectivity index (χ2n) is 3.40. The Bertz CT molecular complexity index is 283. The van der Waals surface area contributed by atoms with Crippen molar-refractivity contribution < 1.29 is 9.59 Å². The van der Waals surface area contributed by atoms with E-state index in [1.807, 2.05) is 13.0 Å². The van der Waals surface area contributed by atoms with Crippen LogP contribution in [-0.2, 0) is 9.59 Å². The fourth-order valence-corrected chi connectivity index (χ4v) is 1.31. The van der Waals surface area contributed by atoms with Crippen LogP contribution in [-0.4, -0.2) is 36.3 Å². The second kappa shape index (κ2) is 7.69. The standard InChI is InChI=1S/C11H19N3O2/c1-4-9(7-12)11(16)14(6-3)8-10(15)13-5-2/h9H,4-6,8H2,1-3H3,(H,13,15). The fourth-order valence-electron chi connectivity index (χ4n) is 1.31. The third-order valence-electron chi connectivity index (χ3n) is 2.26. The zero-order valence-corrected chi connectivity index (χ0v) is 10.1. The van der Waals surface area contributed by atoms with Gasteiger partial charge >= 0.3 is 0 Å². The summed E-state index contributed by atoms with van der Waals surface area (Å²) in [5, 5.41) is 11.4. The maximum Gasteiger partial charge on any atom is 0.240 e. The zero-order valence-electron chi connectivity index (χ0n) is 10.1. The first kappa shape index (κ1) is 14.4. The van der Waals surface area contributed by atoms with Crippen molar-refractivity contribution in [2.45, 2.75) is 27.2 Å². The summed E-state index contributed by atoms with van der Waals surface area (Å²) in [6, 6.07) is 1.95. The summed E-state index contributed by atoms with van der Waals surface area (Å²) in [7, 11) is 0. The monoisotopic (exact) mass is 225 g/mol. The number of nitrogens with zero attached hydrogens (tertiary/aromatic N) is 2. The Morgan fingerprint density at radius 1 is 1.38 bits per heavy atom. The molecule has 0 aromatic rings.